The summed E-state index contributed by atoms with van der Waals surface area (Å²) < 4.78 is 0. The fourth-order valence-corrected chi connectivity index (χ4v) is 0.359. The molecule has 0 aliphatic carbocycles. The summed E-state index contributed by atoms with van der Waals surface area (Å²) in [6, 6.07) is 0. The summed E-state index contributed by atoms with van der Waals surface area (Å²) in [4.78, 5) is 0. The first-order valence-corrected chi connectivity index (χ1v) is 2.41. The van der Waals surface area contributed by atoms with Crippen LogP contribution in [0.4, 0.5) is 0 Å². The lowest BCUT2D eigenvalue weighted by Crippen LogP contribution is -1.63. The van der Waals surface area contributed by atoms with Crippen molar-refractivity contribution >= 4 is 0 Å². The summed E-state index contributed by atoms with van der Waals surface area (Å²) in [5.74, 6) is 0. The van der Waals surface area contributed by atoms with Crippen molar-refractivity contribution in [3.63, 3.8) is 0 Å². The summed E-state index contributed by atoms with van der Waals surface area (Å²) >= 11 is 0. The van der Waals surface area contributed by atoms with Crippen molar-refractivity contribution in [3.05, 3.63) is 36.6 Å². The minimum absolute atomic E-state index is 0.988. The fourth-order valence-electron chi connectivity index (χ4n) is 0.359. The third-order valence-electron chi connectivity index (χ3n) is 0.718. The zero-order valence-electron chi connectivity index (χ0n) is 4.96. The van der Waals surface area contributed by atoms with Crippen LogP contribution in [0, 0.1) is 0 Å². The topological polar surface area (TPSA) is 20.2 Å². The highest BCUT2D eigenvalue weighted by Crippen LogP contribution is 1.92. The minimum atomic E-state index is 0.988. The van der Waals surface area contributed by atoms with Crippen LogP contribution in [-0.4, -0.2) is 5.11 Å². The van der Waals surface area contributed by atoms with Crippen LogP contribution in [0.5, 0.6) is 0 Å². The molecule has 0 saturated carbocycles. The molecule has 0 amide bonds. The number of hydrogen-bond acceptors (Lipinski definition) is 1. The van der Waals surface area contributed by atoms with E-state index in [0.717, 1.165) is 11.8 Å². The Hall–Kier alpha value is -0.980. The molecule has 1 N–H and O–H groups in total. The molecule has 1 nitrogen and oxygen atoms in total. The normalized spacial score (nSPS) is 12.4. The third kappa shape index (κ3) is 3.22. The van der Waals surface area contributed by atoms with E-state index in [1.807, 2.05) is 13.0 Å². The van der Waals surface area contributed by atoms with E-state index >= 15 is 0 Å². The minimum Gasteiger partial charge on any atom is -0.516 e. The lowest BCUT2D eigenvalue weighted by atomic mass is 10.3. The second kappa shape index (κ2) is 4.19. The molecular formula is C7H10O. The standard InChI is InChI=1S/C7H10O/c1-3-4-7(2)5-6-8/h3-6,8H,1H2,2H3/b6-5-,7-4-. The number of hydrogen-bond donors (Lipinski definition) is 1. The summed E-state index contributed by atoms with van der Waals surface area (Å²) in [5.41, 5.74) is 0.988. The number of allylic oxidation sites excluding steroid dienone is 4. The van der Waals surface area contributed by atoms with E-state index in [0.29, 0.717) is 0 Å². The zero-order valence-corrected chi connectivity index (χ0v) is 4.96. The van der Waals surface area contributed by atoms with Crippen molar-refractivity contribution in [1.82, 2.24) is 0 Å². The van der Waals surface area contributed by atoms with Crippen molar-refractivity contribution in [1.29, 1.82) is 0 Å². The van der Waals surface area contributed by atoms with Crippen molar-refractivity contribution in [2.75, 3.05) is 0 Å². The molecule has 0 atom stereocenters. The first-order chi connectivity index (χ1) is 3.81. The van der Waals surface area contributed by atoms with E-state index in [4.69, 9.17) is 5.11 Å². The quantitative estimate of drug-likeness (QED) is 0.426. The molecule has 0 bridgehead atoms. The van der Waals surface area contributed by atoms with Crippen molar-refractivity contribution in [3.8, 4) is 0 Å². The third-order valence-corrected chi connectivity index (χ3v) is 0.718. The van der Waals surface area contributed by atoms with Gasteiger partial charge in [0.25, 0.3) is 0 Å². The monoisotopic (exact) mass is 110 g/mol. The van der Waals surface area contributed by atoms with Crippen LogP contribution in [0.15, 0.2) is 36.6 Å². The van der Waals surface area contributed by atoms with E-state index in [-0.39, 0.29) is 0 Å². The molecule has 0 rings (SSSR count). The Morgan fingerprint density at radius 1 is 1.62 bits per heavy atom. The zero-order chi connectivity index (χ0) is 6.41. The van der Waals surface area contributed by atoms with Gasteiger partial charge in [0, 0.05) is 0 Å². The van der Waals surface area contributed by atoms with Gasteiger partial charge in [-0.1, -0.05) is 18.7 Å². The molecule has 0 aromatic carbocycles. The van der Waals surface area contributed by atoms with Gasteiger partial charge in [0.05, 0.1) is 6.26 Å². The van der Waals surface area contributed by atoms with Gasteiger partial charge in [-0.15, -0.1) is 0 Å². The van der Waals surface area contributed by atoms with Gasteiger partial charge in [-0.25, -0.2) is 0 Å². The Bertz CT molecular complexity index is 120. The molecule has 0 radical (unpaired) electrons. The van der Waals surface area contributed by atoms with Crippen LogP contribution in [0.3, 0.4) is 0 Å². The SMILES string of the molecule is C=C/C=C(C)\C=C/O. The molecule has 0 aromatic heterocycles. The average molecular weight is 110 g/mol. The van der Waals surface area contributed by atoms with Crippen LogP contribution in [-0.2, 0) is 0 Å². The van der Waals surface area contributed by atoms with Gasteiger partial charge in [-0.05, 0) is 18.6 Å². The van der Waals surface area contributed by atoms with Crippen molar-refractivity contribution < 1.29 is 5.11 Å². The van der Waals surface area contributed by atoms with Crippen molar-refractivity contribution in [2.24, 2.45) is 0 Å². The molecular weight excluding hydrogens is 100 g/mol. The Balaban J connectivity index is 3.79. The predicted octanol–water partition coefficient (Wildman–Crippen LogP) is 2.19. The second-order valence-corrected chi connectivity index (χ2v) is 1.46. The van der Waals surface area contributed by atoms with Gasteiger partial charge in [0.15, 0.2) is 0 Å². The summed E-state index contributed by atoms with van der Waals surface area (Å²) in [6.45, 7) is 5.37. The van der Waals surface area contributed by atoms with Gasteiger partial charge >= 0.3 is 0 Å². The van der Waals surface area contributed by atoms with E-state index < -0.39 is 0 Å². The molecule has 0 aromatic rings. The van der Waals surface area contributed by atoms with Crippen LogP contribution in [0.25, 0.3) is 0 Å². The molecule has 0 unspecified atom stereocenters. The van der Waals surface area contributed by atoms with Crippen LogP contribution < -0.4 is 0 Å². The first-order valence-electron chi connectivity index (χ1n) is 2.41. The molecule has 0 spiro atoms. The van der Waals surface area contributed by atoms with Gasteiger partial charge in [-0.2, -0.15) is 0 Å². The van der Waals surface area contributed by atoms with Gasteiger partial charge < -0.3 is 5.11 Å². The number of aliphatic hydroxyl groups is 1. The van der Waals surface area contributed by atoms with E-state index in [1.165, 1.54) is 0 Å². The van der Waals surface area contributed by atoms with Crippen molar-refractivity contribution in [2.45, 2.75) is 6.92 Å². The Morgan fingerprint density at radius 3 is 2.62 bits per heavy atom. The summed E-state index contributed by atoms with van der Waals surface area (Å²) in [6.07, 6.45) is 6.10. The van der Waals surface area contributed by atoms with E-state index in [2.05, 4.69) is 6.58 Å². The van der Waals surface area contributed by atoms with Gasteiger partial charge in [0.2, 0.25) is 0 Å². The average Bonchev–Trinajstić information content (AvgIpc) is 1.68. The van der Waals surface area contributed by atoms with Crippen LogP contribution >= 0.6 is 0 Å². The highest BCUT2D eigenvalue weighted by atomic mass is 16.2. The second-order valence-electron chi connectivity index (χ2n) is 1.46. The largest absolute Gasteiger partial charge is 0.516 e. The first kappa shape index (κ1) is 7.02. The highest BCUT2D eigenvalue weighted by Gasteiger charge is 1.72. The lowest BCUT2D eigenvalue weighted by molar-refractivity contribution is 0.473. The Kier molecular flexibility index (Phi) is 3.67. The number of rotatable bonds is 2. The Labute approximate surface area is 49.7 Å². The smallest absolute Gasteiger partial charge is 0.0794 e. The van der Waals surface area contributed by atoms with E-state index in [1.54, 1.807) is 12.2 Å². The molecule has 44 valence electrons. The predicted molar refractivity (Wildman–Crippen MR) is 35.7 cm³/mol. The molecule has 8 heavy (non-hydrogen) atoms. The van der Waals surface area contributed by atoms with Crippen LogP contribution in [0.1, 0.15) is 6.92 Å². The molecule has 0 aliphatic rings. The summed E-state index contributed by atoms with van der Waals surface area (Å²) in [5, 5.41) is 8.21. The molecule has 0 aliphatic heterocycles. The highest BCUT2D eigenvalue weighted by molar-refractivity contribution is 5.18. The molecule has 0 saturated heterocycles. The van der Waals surface area contributed by atoms with Gasteiger partial charge in [-0.3, -0.25) is 0 Å². The van der Waals surface area contributed by atoms with Gasteiger partial charge in [0.1, 0.15) is 0 Å². The molecule has 0 fully saturated rings. The van der Waals surface area contributed by atoms with E-state index in [9.17, 15) is 0 Å². The summed E-state index contributed by atoms with van der Waals surface area (Å²) in [7, 11) is 0. The Morgan fingerprint density at radius 2 is 2.25 bits per heavy atom. The maximum Gasteiger partial charge on any atom is 0.0794 e. The maximum atomic E-state index is 8.21. The molecule has 1 heteroatoms. The number of aliphatic hydroxyl groups excluding tert-OH is 1. The lowest BCUT2D eigenvalue weighted by Gasteiger charge is -1.82. The maximum absolute atomic E-state index is 8.21. The molecule has 0 heterocycles. The fraction of sp³-hybridized carbons (Fsp3) is 0.143. The van der Waals surface area contributed by atoms with Crippen LogP contribution in [0.2, 0.25) is 0 Å².